The minimum Gasteiger partial charge on any atom is -0.481 e. The molecule has 28 heavy (non-hydrogen) atoms. The Morgan fingerprint density at radius 1 is 0.750 bits per heavy atom. The largest absolute Gasteiger partial charge is 0.481 e. The van der Waals surface area contributed by atoms with Gasteiger partial charge in [0.1, 0.15) is 5.76 Å². The van der Waals surface area contributed by atoms with E-state index >= 15 is 0 Å². The lowest BCUT2D eigenvalue weighted by molar-refractivity contribution is -0.116. The zero-order valence-electron chi connectivity index (χ0n) is 15.5. The van der Waals surface area contributed by atoms with Crippen molar-refractivity contribution in [1.29, 1.82) is 0 Å². The van der Waals surface area contributed by atoms with Crippen molar-refractivity contribution in [3.8, 4) is 11.1 Å². The highest BCUT2D eigenvalue weighted by Gasteiger charge is 2.58. The summed E-state index contributed by atoms with van der Waals surface area (Å²) in [6, 6.07) is 27.4. The number of ketones is 1. The van der Waals surface area contributed by atoms with Gasteiger partial charge in [0.05, 0.1) is 5.92 Å². The van der Waals surface area contributed by atoms with Crippen LogP contribution in [0.3, 0.4) is 0 Å². The molecule has 2 aliphatic carbocycles. The summed E-state index contributed by atoms with van der Waals surface area (Å²) in [5.41, 5.74) is 6.16. The van der Waals surface area contributed by atoms with Gasteiger partial charge in [0.15, 0.2) is 11.4 Å². The van der Waals surface area contributed by atoms with E-state index in [-0.39, 0.29) is 11.7 Å². The van der Waals surface area contributed by atoms with E-state index in [1.54, 1.807) is 0 Å². The van der Waals surface area contributed by atoms with Crippen LogP contribution in [0.4, 0.5) is 0 Å². The van der Waals surface area contributed by atoms with E-state index in [1.165, 1.54) is 22.3 Å². The molecule has 0 aromatic heterocycles. The Morgan fingerprint density at radius 2 is 1.36 bits per heavy atom. The molecule has 136 valence electrons. The molecular formula is C26H20O2. The first kappa shape index (κ1) is 15.9. The third-order valence-electron chi connectivity index (χ3n) is 6.47. The molecule has 0 bridgehead atoms. The summed E-state index contributed by atoms with van der Waals surface area (Å²) in [4.78, 5) is 13.1. The molecule has 1 atom stereocenters. The third kappa shape index (κ3) is 1.90. The summed E-state index contributed by atoms with van der Waals surface area (Å²) in [6.45, 7) is 0. The Labute approximate surface area is 164 Å². The molecule has 0 radical (unpaired) electrons. The molecule has 1 spiro atoms. The summed E-state index contributed by atoms with van der Waals surface area (Å²) >= 11 is 0. The molecular weight excluding hydrogens is 344 g/mol. The molecule has 3 aliphatic rings. The average molecular weight is 364 g/mol. The van der Waals surface area contributed by atoms with Crippen LogP contribution in [0.15, 0.2) is 90.2 Å². The fraction of sp³-hybridized carbons (Fsp3) is 0.192. The Hall–Kier alpha value is -3.13. The lowest BCUT2D eigenvalue weighted by Gasteiger charge is -2.34. The molecule has 2 heteroatoms. The van der Waals surface area contributed by atoms with Gasteiger partial charge < -0.3 is 4.74 Å². The van der Waals surface area contributed by atoms with E-state index in [0.29, 0.717) is 6.42 Å². The van der Waals surface area contributed by atoms with E-state index in [9.17, 15) is 4.79 Å². The maximum Gasteiger partial charge on any atom is 0.171 e. The van der Waals surface area contributed by atoms with Crippen LogP contribution in [0.1, 0.15) is 41.9 Å². The van der Waals surface area contributed by atoms with Gasteiger partial charge >= 0.3 is 0 Å². The van der Waals surface area contributed by atoms with Gasteiger partial charge in [-0.15, -0.1) is 0 Å². The van der Waals surface area contributed by atoms with E-state index in [4.69, 9.17) is 4.74 Å². The number of Topliss-reactive ketones (excluding diaryl/α,β-unsaturated/α-hetero) is 1. The van der Waals surface area contributed by atoms with Crippen LogP contribution in [-0.4, -0.2) is 5.78 Å². The van der Waals surface area contributed by atoms with Gasteiger partial charge in [0.25, 0.3) is 0 Å². The summed E-state index contributed by atoms with van der Waals surface area (Å²) in [7, 11) is 0. The van der Waals surface area contributed by atoms with Crippen molar-refractivity contribution in [2.75, 3.05) is 0 Å². The van der Waals surface area contributed by atoms with Crippen molar-refractivity contribution in [2.45, 2.75) is 30.8 Å². The molecule has 0 N–H and O–H groups in total. The molecule has 1 unspecified atom stereocenters. The molecule has 0 saturated carbocycles. The van der Waals surface area contributed by atoms with Crippen molar-refractivity contribution >= 4 is 5.78 Å². The third-order valence-corrected chi connectivity index (χ3v) is 6.47. The first-order chi connectivity index (χ1) is 13.8. The maximum atomic E-state index is 13.1. The summed E-state index contributed by atoms with van der Waals surface area (Å²) < 4.78 is 6.86. The van der Waals surface area contributed by atoms with E-state index in [2.05, 4.69) is 72.8 Å². The number of fused-ring (bicyclic) bond motifs is 5. The van der Waals surface area contributed by atoms with Crippen LogP contribution in [0.25, 0.3) is 11.1 Å². The van der Waals surface area contributed by atoms with Crippen LogP contribution in [0.5, 0.6) is 0 Å². The van der Waals surface area contributed by atoms with Gasteiger partial charge in [-0.1, -0.05) is 78.9 Å². The maximum absolute atomic E-state index is 13.1. The SMILES string of the molecule is O=C1CCCC2=C1C(c1ccccc1)C1(O2)c2ccccc2-c2ccccc21. The zero-order valence-corrected chi connectivity index (χ0v) is 15.5. The molecule has 3 aromatic carbocycles. The number of ether oxygens (including phenoxy) is 1. The van der Waals surface area contributed by atoms with E-state index < -0.39 is 5.60 Å². The summed E-state index contributed by atoms with van der Waals surface area (Å²) in [6.07, 6.45) is 2.33. The summed E-state index contributed by atoms with van der Waals surface area (Å²) in [5, 5.41) is 0. The van der Waals surface area contributed by atoms with Crippen LogP contribution < -0.4 is 0 Å². The molecule has 1 aliphatic heterocycles. The fourth-order valence-corrected chi connectivity index (χ4v) is 5.42. The lowest BCUT2D eigenvalue weighted by Crippen LogP contribution is -2.33. The van der Waals surface area contributed by atoms with Crippen LogP contribution in [-0.2, 0) is 15.1 Å². The first-order valence-corrected chi connectivity index (χ1v) is 10.0. The normalized spacial score (nSPS) is 21.3. The van der Waals surface area contributed by atoms with E-state index in [0.717, 1.165) is 29.7 Å². The van der Waals surface area contributed by atoms with Crippen molar-refractivity contribution in [2.24, 2.45) is 0 Å². The van der Waals surface area contributed by atoms with Crippen molar-refractivity contribution < 1.29 is 9.53 Å². The monoisotopic (exact) mass is 364 g/mol. The second kappa shape index (κ2) is 5.68. The van der Waals surface area contributed by atoms with Crippen LogP contribution >= 0.6 is 0 Å². The average Bonchev–Trinajstić information content (AvgIpc) is 3.24. The number of allylic oxidation sites excluding steroid dienone is 1. The lowest BCUT2D eigenvalue weighted by atomic mass is 9.71. The predicted octanol–water partition coefficient (Wildman–Crippen LogP) is 5.73. The molecule has 0 fully saturated rings. The van der Waals surface area contributed by atoms with Crippen molar-refractivity contribution in [1.82, 2.24) is 0 Å². The Balaban J connectivity index is 1.70. The van der Waals surface area contributed by atoms with Crippen LogP contribution in [0.2, 0.25) is 0 Å². The van der Waals surface area contributed by atoms with Gasteiger partial charge in [-0.2, -0.15) is 0 Å². The number of hydrogen-bond donors (Lipinski definition) is 0. The van der Waals surface area contributed by atoms with Crippen molar-refractivity contribution in [3.63, 3.8) is 0 Å². The minimum atomic E-state index is -0.654. The van der Waals surface area contributed by atoms with Gasteiger partial charge in [0, 0.05) is 29.5 Å². The fourth-order valence-electron chi connectivity index (χ4n) is 5.42. The summed E-state index contributed by atoms with van der Waals surface area (Å²) in [5.74, 6) is 1.03. The second-order valence-corrected chi connectivity index (χ2v) is 7.89. The molecule has 2 nitrogen and oxygen atoms in total. The van der Waals surface area contributed by atoms with E-state index in [1.807, 2.05) is 6.07 Å². The number of benzene rings is 3. The van der Waals surface area contributed by atoms with Crippen molar-refractivity contribution in [3.05, 3.63) is 107 Å². The van der Waals surface area contributed by atoms with Crippen LogP contribution in [0, 0.1) is 0 Å². The Morgan fingerprint density at radius 3 is 2.04 bits per heavy atom. The first-order valence-electron chi connectivity index (χ1n) is 10.0. The highest BCUT2D eigenvalue weighted by molar-refractivity contribution is 6.00. The second-order valence-electron chi connectivity index (χ2n) is 7.89. The number of carbonyl (C=O) groups excluding carboxylic acids is 1. The Kier molecular flexibility index (Phi) is 3.22. The molecule has 0 saturated heterocycles. The number of rotatable bonds is 1. The predicted molar refractivity (Wildman–Crippen MR) is 109 cm³/mol. The molecule has 3 aromatic rings. The topological polar surface area (TPSA) is 26.3 Å². The molecule has 0 amide bonds. The molecule has 6 rings (SSSR count). The van der Waals surface area contributed by atoms with Gasteiger partial charge in [-0.3, -0.25) is 4.79 Å². The highest BCUT2D eigenvalue weighted by Crippen LogP contribution is 2.63. The molecule has 1 heterocycles. The van der Waals surface area contributed by atoms with Gasteiger partial charge in [-0.25, -0.2) is 0 Å². The zero-order chi connectivity index (χ0) is 18.7. The quantitative estimate of drug-likeness (QED) is 0.551. The minimum absolute atomic E-state index is 0.110. The number of carbonyl (C=O) groups is 1. The highest BCUT2D eigenvalue weighted by atomic mass is 16.5. The number of hydrogen-bond acceptors (Lipinski definition) is 2. The van der Waals surface area contributed by atoms with Gasteiger partial charge in [-0.05, 0) is 23.1 Å². The standard InChI is InChI=1S/C26H20O2/c27-22-15-8-16-23-24(22)25(17-9-2-1-3-10-17)26(28-23)20-13-6-4-11-18(20)19-12-5-7-14-21(19)26/h1-7,9-14,25H,8,15-16H2. The smallest absolute Gasteiger partial charge is 0.171 e. The van der Waals surface area contributed by atoms with Gasteiger partial charge in [0.2, 0.25) is 0 Å². The Bertz CT molecular complexity index is 1090.